The second-order valence-electron chi connectivity index (χ2n) is 3.66. The van der Waals surface area contributed by atoms with E-state index in [9.17, 15) is 4.79 Å². The van der Waals surface area contributed by atoms with E-state index in [1.807, 2.05) is 0 Å². The molecule has 0 unspecified atom stereocenters. The molecule has 0 aliphatic carbocycles. The van der Waals surface area contributed by atoms with Gasteiger partial charge in [-0.2, -0.15) is 0 Å². The zero-order chi connectivity index (χ0) is 9.97. The molecule has 78 valence electrons. The highest BCUT2D eigenvalue weighted by Crippen LogP contribution is 2.28. The van der Waals surface area contributed by atoms with Crippen molar-refractivity contribution in [2.75, 3.05) is 18.8 Å². The molecular weight excluding hydrogens is 200 g/mol. The third-order valence-corrected chi connectivity index (χ3v) is 3.86. The highest BCUT2D eigenvalue weighted by molar-refractivity contribution is 8.14. The predicted molar refractivity (Wildman–Crippen MR) is 56.9 cm³/mol. The Morgan fingerprint density at radius 1 is 1.50 bits per heavy atom. The van der Waals surface area contributed by atoms with Crippen molar-refractivity contribution < 1.29 is 9.90 Å². The van der Waals surface area contributed by atoms with Crippen LogP contribution in [0.3, 0.4) is 0 Å². The van der Waals surface area contributed by atoms with E-state index in [-0.39, 0.29) is 0 Å². The molecule has 0 saturated carbocycles. The molecule has 0 aromatic rings. The summed E-state index contributed by atoms with van der Waals surface area (Å²) in [6.07, 6.45) is 2.19. The number of carboxylic acid groups (broad SMARTS) is 1. The highest BCUT2D eigenvalue weighted by atomic mass is 32.2. The summed E-state index contributed by atoms with van der Waals surface area (Å²) in [5.74, 6) is 0.334. The van der Waals surface area contributed by atoms with Crippen LogP contribution in [0.2, 0.25) is 0 Å². The summed E-state index contributed by atoms with van der Waals surface area (Å²) >= 11 is 1.63. The molecule has 2 aliphatic heterocycles. The van der Waals surface area contributed by atoms with Crippen molar-refractivity contribution >= 4 is 22.8 Å². The average molecular weight is 214 g/mol. The monoisotopic (exact) mass is 214 g/mol. The van der Waals surface area contributed by atoms with E-state index >= 15 is 0 Å². The minimum atomic E-state index is -0.790. The van der Waals surface area contributed by atoms with E-state index in [1.165, 1.54) is 0 Å². The maximum atomic E-state index is 10.7. The molecule has 2 rings (SSSR count). The fourth-order valence-corrected chi connectivity index (χ4v) is 3.03. The van der Waals surface area contributed by atoms with Crippen molar-refractivity contribution in [2.45, 2.75) is 18.9 Å². The van der Waals surface area contributed by atoms with Crippen LogP contribution in [0.1, 0.15) is 12.8 Å². The molecule has 5 heteroatoms. The maximum absolute atomic E-state index is 10.7. The Bertz CT molecular complexity index is 262. The van der Waals surface area contributed by atoms with Gasteiger partial charge in [0.2, 0.25) is 0 Å². The number of carboxylic acids is 1. The molecule has 2 heterocycles. The van der Waals surface area contributed by atoms with Gasteiger partial charge < -0.3 is 10.4 Å². The van der Waals surface area contributed by atoms with Crippen LogP contribution in [0, 0.1) is 5.92 Å². The Labute approximate surface area is 87.2 Å². The highest BCUT2D eigenvalue weighted by Gasteiger charge is 2.29. The Morgan fingerprint density at radius 3 is 2.79 bits per heavy atom. The van der Waals surface area contributed by atoms with E-state index in [0.29, 0.717) is 11.7 Å². The third kappa shape index (κ3) is 2.09. The fraction of sp³-hybridized carbons (Fsp3) is 0.778. The average Bonchev–Trinajstić information content (AvgIpc) is 2.68. The van der Waals surface area contributed by atoms with Gasteiger partial charge in [0.15, 0.2) is 6.04 Å². The second kappa shape index (κ2) is 4.31. The molecule has 0 radical (unpaired) electrons. The quantitative estimate of drug-likeness (QED) is 0.706. The first-order chi connectivity index (χ1) is 6.77. The van der Waals surface area contributed by atoms with Gasteiger partial charge in [0, 0.05) is 11.7 Å². The molecule has 0 aromatic carbocycles. The summed E-state index contributed by atoms with van der Waals surface area (Å²) in [7, 11) is 0. The van der Waals surface area contributed by atoms with Gasteiger partial charge in [-0.25, -0.2) is 4.79 Å². The number of aliphatic carboxylic acids is 1. The van der Waals surface area contributed by atoms with E-state index in [2.05, 4.69) is 10.3 Å². The summed E-state index contributed by atoms with van der Waals surface area (Å²) in [4.78, 5) is 15.0. The van der Waals surface area contributed by atoms with Crippen molar-refractivity contribution in [3.05, 3.63) is 0 Å². The van der Waals surface area contributed by atoms with Gasteiger partial charge in [-0.1, -0.05) is 0 Å². The van der Waals surface area contributed by atoms with Crippen LogP contribution in [0.5, 0.6) is 0 Å². The molecular formula is C9H14N2O2S. The normalized spacial score (nSPS) is 28.9. The number of aliphatic imine (C=N–C) groups is 1. The summed E-state index contributed by atoms with van der Waals surface area (Å²) in [5, 5.41) is 13.2. The minimum absolute atomic E-state index is 0.495. The van der Waals surface area contributed by atoms with Crippen molar-refractivity contribution in [2.24, 2.45) is 10.9 Å². The van der Waals surface area contributed by atoms with Gasteiger partial charge >= 0.3 is 5.97 Å². The fourth-order valence-electron chi connectivity index (χ4n) is 1.81. The standard InChI is InChI=1S/C9H14N2O2S/c12-9(13)7-5-14-8(11-7)6-1-3-10-4-2-6/h6-7,10H,1-5H2,(H,12,13)/t7-/m1/s1. The summed E-state index contributed by atoms with van der Waals surface area (Å²) in [5.41, 5.74) is 0. The van der Waals surface area contributed by atoms with Gasteiger partial charge in [-0.3, -0.25) is 4.99 Å². The van der Waals surface area contributed by atoms with Crippen LogP contribution in [0.25, 0.3) is 0 Å². The maximum Gasteiger partial charge on any atom is 0.329 e. The van der Waals surface area contributed by atoms with Crippen LogP contribution in [0.15, 0.2) is 4.99 Å². The first-order valence-electron chi connectivity index (χ1n) is 4.91. The molecule has 1 saturated heterocycles. The van der Waals surface area contributed by atoms with Crippen LogP contribution in [0.4, 0.5) is 0 Å². The summed E-state index contributed by atoms with van der Waals surface area (Å²) < 4.78 is 0. The van der Waals surface area contributed by atoms with Crippen molar-refractivity contribution in [1.29, 1.82) is 0 Å². The topological polar surface area (TPSA) is 61.7 Å². The molecule has 14 heavy (non-hydrogen) atoms. The molecule has 2 aliphatic rings. The lowest BCUT2D eigenvalue weighted by Gasteiger charge is -2.21. The molecule has 0 aromatic heterocycles. The molecule has 2 N–H and O–H groups in total. The van der Waals surface area contributed by atoms with E-state index in [1.54, 1.807) is 11.8 Å². The lowest BCUT2D eigenvalue weighted by atomic mass is 9.99. The zero-order valence-electron chi connectivity index (χ0n) is 7.90. The molecule has 0 bridgehead atoms. The predicted octanol–water partition coefficient (Wildman–Crippen LogP) is 0.585. The molecule has 0 spiro atoms. The van der Waals surface area contributed by atoms with Crippen LogP contribution >= 0.6 is 11.8 Å². The van der Waals surface area contributed by atoms with E-state index in [4.69, 9.17) is 5.11 Å². The number of nitrogens with one attached hydrogen (secondary N) is 1. The minimum Gasteiger partial charge on any atom is -0.480 e. The number of hydrogen-bond acceptors (Lipinski definition) is 4. The molecule has 4 nitrogen and oxygen atoms in total. The second-order valence-corrected chi connectivity index (χ2v) is 4.70. The van der Waals surface area contributed by atoms with E-state index in [0.717, 1.165) is 31.0 Å². The largest absolute Gasteiger partial charge is 0.480 e. The number of piperidine rings is 1. The van der Waals surface area contributed by atoms with Crippen molar-refractivity contribution in [3.8, 4) is 0 Å². The third-order valence-electron chi connectivity index (χ3n) is 2.65. The number of nitrogens with zero attached hydrogens (tertiary/aromatic N) is 1. The smallest absolute Gasteiger partial charge is 0.329 e. The zero-order valence-corrected chi connectivity index (χ0v) is 8.72. The Hall–Kier alpha value is -0.550. The summed E-state index contributed by atoms with van der Waals surface area (Å²) in [6, 6.07) is -0.495. The lowest BCUT2D eigenvalue weighted by molar-refractivity contribution is -0.137. The molecule has 1 atom stereocenters. The summed E-state index contributed by atoms with van der Waals surface area (Å²) in [6.45, 7) is 2.06. The van der Waals surface area contributed by atoms with Gasteiger partial charge in [0.25, 0.3) is 0 Å². The number of thioether (sulfide) groups is 1. The van der Waals surface area contributed by atoms with Crippen LogP contribution < -0.4 is 5.32 Å². The SMILES string of the molecule is O=C(O)[C@H]1CSC(C2CCNCC2)=N1. The van der Waals surface area contributed by atoms with Gasteiger partial charge in [0.05, 0.1) is 5.04 Å². The van der Waals surface area contributed by atoms with Gasteiger partial charge in [0.1, 0.15) is 0 Å². The molecule has 1 fully saturated rings. The van der Waals surface area contributed by atoms with Crippen LogP contribution in [-0.2, 0) is 4.79 Å². The first-order valence-corrected chi connectivity index (χ1v) is 5.90. The van der Waals surface area contributed by atoms with Gasteiger partial charge in [-0.15, -0.1) is 11.8 Å². The Morgan fingerprint density at radius 2 is 2.21 bits per heavy atom. The van der Waals surface area contributed by atoms with Crippen LogP contribution in [-0.4, -0.2) is 41.0 Å². The lowest BCUT2D eigenvalue weighted by Crippen LogP contribution is -2.30. The number of rotatable bonds is 2. The Balaban J connectivity index is 1.97. The Kier molecular flexibility index (Phi) is 3.08. The van der Waals surface area contributed by atoms with Crippen molar-refractivity contribution in [3.63, 3.8) is 0 Å². The first kappa shape index (κ1) is 9.98. The van der Waals surface area contributed by atoms with E-state index < -0.39 is 12.0 Å². The van der Waals surface area contributed by atoms with Gasteiger partial charge in [-0.05, 0) is 25.9 Å². The van der Waals surface area contributed by atoms with Crippen molar-refractivity contribution in [1.82, 2.24) is 5.32 Å². The number of hydrogen-bond donors (Lipinski definition) is 2. The number of carbonyl (C=O) groups is 1. The molecule has 0 amide bonds.